The van der Waals surface area contributed by atoms with Crippen LogP contribution in [0, 0.1) is 6.92 Å². The smallest absolute Gasteiger partial charge is 0.272 e. The second kappa shape index (κ2) is 4.66. The maximum atomic E-state index is 12.1. The summed E-state index contributed by atoms with van der Waals surface area (Å²) in [5.74, 6) is -0.283. The molecule has 2 rings (SSSR count). The Balaban J connectivity index is 2.30. The molecule has 102 valence electrons. The highest BCUT2D eigenvalue weighted by atomic mass is 16.3. The maximum Gasteiger partial charge on any atom is 0.272 e. The number of carbonyl (C=O) groups excluding carboxylic acids is 1. The van der Waals surface area contributed by atoms with Crippen LogP contribution in [0.4, 0.5) is 0 Å². The first-order valence-corrected chi connectivity index (χ1v) is 6.26. The predicted molar refractivity (Wildman–Crippen MR) is 73.2 cm³/mol. The lowest BCUT2D eigenvalue weighted by atomic mass is 9.99. The fourth-order valence-electron chi connectivity index (χ4n) is 1.72. The largest absolute Gasteiger partial charge is 0.391 e. The van der Waals surface area contributed by atoms with Crippen molar-refractivity contribution < 1.29 is 9.90 Å². The van der Waals surface area contributed by atoms with Gasteiger partial charge in [-0.15, -0.1) is 0 Å². The third kappa shape index (κ3) is 2.61. The van der Waals surface area contributed by atoms with E-state index in [1.165, 1.54) is 0 Å². The second-order valence-corrected chi connectivity index (χ2v) is 5.37. The Morgan fingerprint density at radius 1 is 1.47 bits per heavy atom. The number of carbonyl (C=O) groups is 1. The average Bonchev–Trinajstić information content (AvgIpc) is 2.73. The minimum Gasteiger partial charge on any atom is -0.391 e. The first kappa shape index (κ1) is 13.5. The monoisotopic (exact) mass is 261 g/mol. The number of hydrogen-bond donors (Lipinski definition) is 2. The van der Waals surface area contributed by atoms with E-state index in [1.807, 2.05) is 29.5 Å². The summed E-state index contributed by atoms with van der Waals surface area (Å²) in [5, 5.41) is 12.4. The molecule has 19 heavy (non-hydrogen) atoms. The van der Waals surface area contributed by atoms with Gasteiger partial charge in [0.05, 0.1) is 11.6 Å². The molecule has 2 aromatic heterocycles. The second-order valence-electron chi connectivity index (χ2n) is 5.37. The number of fused-ring (bicyclic) bond motifs is 1. The van der Waals surface area contributed by atoms with E-state index >= 15 is 0 Å². The third-order valence-corrected chi connectivity index (χ3v) is 3.41. The van der Waals surface area contributed by atoms with Crippen LogP contribution in [0.2, 0.25) is 0 Å². The van der Waals surface area contributed by atoms with Gasteiger partial charge in [-0.3, -0.25) is 4.79 Å². The zero-order valence-electron chi connectivity index (χ0n) is 11.6. The number of nitrogens with one attached hydrogen (secondary N) is 1. The van der Waals surface area contributed by atoms with E-state index in [0.717, 1.165) is 11.3 Å². The van der Waals surface area contributed by atoms with E-state index in [9.17, 15) is 9.90 Å². The SMILES string of the molecule is Cc1cccc2nc(C(=O)NC(C)(C)C(C)O)cn12. The first-order chi connectivity index (χ1) is 8.81. The molecule has 2 N–H and O–H groups in total. The lowest BCUT2D eigenvalue weighted by Gasteiger charge is -2.28. The van der Waals surface area contributed by atoms with Crippen LogP contribution in [-0.4, -0.2) is 32.0 Å². The topological polar surface area (TPSA) is 66.6 Å². The Kier molecular flexibility index (Phi) is 3.32. The fourth-order valence-corrected chi connectivity index (χ4v) is 1.72. The molecule has 0 aliphatic heterocycles. The molecule has 5 nitrogen and oxygen atoms in total. The lowest BCUT2D eigenvalue weighted by molar-refractivity contribution is 0.0706. The van der Waals surface area contributed by atoms with E-state index in [-0.39, 0.29) is 5.91 Å². The van der Waals surface area contributed by atoms with Crippen molar-refractivity contribution >= 4 is 11.6 Å². The summed E-state index contributed by atoms with van der Waals surface area (Å²) < 4.78 is 1.87. The van der Waals surface area contributed by atoms with E-state index in [0.29, 0.717) is 5.69 Å². The van der Waals surface area contributed by atoms with Crippen LogP contribution in [0.15, 0.2) is 24.4 Å². The Morgan fingerprint density at radius 3 is 2.74 bits per heavy atom. The highest BCUT2D eigenvalue weighted by Crippen LogP contribution is 2.12. The highest BCUT2D eigenvalue weighted by molar-refractivity contribution is 5.93. The maximum absolute atomic E-state index is 12.1. The lowest BCUT2D eigenvalue weighted by Crippen LogP contribution is -2.51. The summed E-state index contributed by atoms with van der Waals surface area (Å²) in [6, 6.07) is 5.71. The summed E-state index contributed by atoms with van der Waals surface area (Å²) in [6.45, 7) is 7.15. The Hall–Kier alpha value is -1.88. The minimum atomic E-state index is -0.693. The summed E-state index contributed by atoms with van der Waals surface area (Å²) in [7, 11) is 0. The van der Waals surface area contributed by atoms with Crippen LogP contribution in [0.5, 0.6) is 0 Å². The normalized spacial score (nSPS) is 13.5. The molecular weight excluding hydrogens is 242 g/mol. The molecule has 0 aliphatic rings. The van der Waals surface area contributed by atoms with Crippen LogP contribution in [-0.2, 0) is 0 Å². The summed E-state index contributed by atoms with van der Waals surface area (Å²) in [6.07, 6.45) is 1.06. The van der Waals surface area contributed by atoms with E-state index in [1.54, 1.807) is 27.0 Å². The fraction of sp³-hybridized carbons (Fsp3) is 0.429. The van der Waals surface area contributed by atoms with Crippen LogP contribution >= 0.6 is 0 Å². The molecule has 1 atom stereocenters. The van der Waals surface area contributed by atoms with Gasteiger partial charge in [0.15, 0.2) is 0 Å². The molecule has 0 bridgehead atoms. The van der Waals surface area contributed by atoms with E-state index < -0.39 is 11.6 Å². The molecule has 0 saturated heterocycles. The average molecular weight is 261 g/mol. The van der Waals surface area contributed by atoms with Crippen molar-refractivity contribution in [1.82, 2.24) is 14.7 Å². The molecule has 0 fully saturated rings. The van der Waals surface area contributed by atoms with Gasteiger partial charge in [0.1, 0.15) is 11.3 Å². The van der Waals surface area contributed by atoms with Gasteiger partial charge in [-0.05, 0) is 39.8 Å². The van der Waals surface area contributed by atoms with Crippen molar-refractivity contribution in [2.75, 3.05) is 0 Å². The first-order valence-electron chi connectivity index (χ1n) is 6.26. The van der Waals surface area contributed by atoms with E-state index in [2.05, 4.69) is 10.3 Å². The number of hydrogen-bond acceptors (Lipinski definition) is 3. The van der Waals surface area contributed by atoms with Crippen molar-refractivity contribution in [1.29, 1.82) is 0 Å². The summed E-state index contributed by atoms with van der Waals surface area (Å²) >= 11 is 0. The van der Waals surface area contributed by atoms with Gasteiger partial charge in [-0.25, -0.2) is 4.98 Å². The molecule has 1 unspecified atom stereocenters. The Morgan fingerprint density at radius 2 is 2.16 bits per heavy atom. The molecule has 0 aliphatic carbocycles. The van der Waals surface area contributed by atoms with Gasteiger partial charge >= 0.3 is 0 Å². The summed E-state index contributed by atoms with van der Waals surface area (Å²) in [5.41, 5.74) is 1.41. The van der Waals surface area contributed by atoms with Gasteiger partial charge < -0.3 is 14.8 Å². The van der Waals surface area contributed by atoms with Gasteiger partial charge in [0.2, 0.25) is 0 Å². The van der Waals surface area contributed by atoms with Crippen molar-refractivity contribution in [2.45, 2.75) is 39.3 Å². The van der Waals surface area contributed by atoms with Crippen molar-refractivity contribution in [3.8, 4) is 0 Å². The molecule has 2 aromatic rings. The van der Waals surface area contributed by atoms with Crippen LogP contribution in [0.25, 0.3) is 5.65 Å². The molecule has 1 amide bonds. The molecule has 0 aromatic carbocycles. The number of pyridine rings is 1. The zero-order valence-corrected chi connectivity index (χ0v) is 11.6. The van der Waals surface area contributed by atoms with Crippen molar-refractivity contribution in [3.63, 3.8) is 0 Å². The molecule has 5 heteroatoms. The molecule has 0 saturated carbocycles. The van der Waals surface area contributed by atoms with Gasteiger partial charge in [0.25, 0.3) is 5.91 Å². The van der Waals surface area contributed by atoms with E-state index in [4.69, 9.17) is 0 Å². The quantitative estimate of drug-likeness (QED) is 0.880. The number of imidazole rings is 1. The predicted octanol–water partition coefficient (Wildman–Crippen LogP) is 1.53. The summed E-state index contributed by atoms with van der Waals surface area (Å²) in [4.78, 5) is 16.4. The van der Waals surface area contributed by atoms with Crippen molar-refractivity contribution in [2.24, 2.45) is 0 Å². The molecule has 2 heterocycles. The number of aliphatic hydroxyl groups is 1. The number of rotatable bonds is 3. The Labute approximate surface area is 112 Å². The number of aliphatic hydroxyl groups excluding tert-OH is 1. The van der Waals surface area contributed by atoms with Crippen LogP contribution in [0.1, 0.15) is 37.0 Å². The standard InChI is InChI=1S/C14H19N3O2/c1-9-6-5-7-12-15-11(8-17(9)12)13(19)16-14(3,4)10(2)18/h5-8,10,18H,1-4H3,(H,16,19). The zero-order chi connectivity index (χ0) is 14.2. The highest BCUT2D eigenvalue weighted by Gasteiger charge is 2.27. The van der Waals surface area contributed by atoms with Crippen LogP contribution < -0.4 is 5.32 Å². The number of amides is 1. The van der Waals surface area contributed by atoms with Gasteiger partial charge in [-0.1, -0.05) is 6.07 Å². The number of aromatic nitrogens is 2. The molecular formula is C14H19N3O2. The number of aryl methyl sites for hydroxylation is 1. The minimum absolute atomic E-state index is 0.283. The third-order valence-electron chi connectivity index (χ3n) is 3.41. The van der Waals surface area contributed by atoms with Crippen molar-refractivity contribution in [3.05, 3.63) is 35.8 Å². The van der Waals surface area contributed by atoms with Gasteiger partial charge in [-0.2, -0.15) is 0 Å². The van der Waals surface area contributed by atoms with Gasteiger partial charge in [0, 0.05) is 11.9 Å². The molecule has 0 spiro atoms. The molecule has 0 radical (unpaired) electrons. The Bertz CT molecular complexity index is 614. The van der Waals surface area contributed by atoms with Crippen LogP contribution in [0.3, 0.4) is 0 Å². The number of nitrogens with zero attached hydrogens (tertiary/aromatic N) is 2.